The molecule has 42 heavy (non-hydrogen) atoms. The Balaban J connectivity index is 1.48. The molecule has 4 rings (SSSR count). The molecule has 0 unspecified atom stereocenters. The normalized spacial score (nSPS) is 20.4. The van der Waals surface area contributed by atoms with Gasteiger partial charge in [-0.1, -0.05) is 48.0 Å². The lowest BCUT2D eigenvalue weighted by atomic mass is 9.91. The first-order chi connectivity index (χ1) is 20.1. The molecule has 12 heteroatoms. The zero-order valence-corrected chi connectivity index (χ0v) is 25.6. The largest absolute Gasteiger partial charge is 0.372 e. The molecular formula is C30H42ClN5O5S. The first-order valence-corrected chi connectivity index (χ1v) is 16.8. The van der Waals surface area contributed by atoms with E-state index in [9.17, 15) is 18.0 Å². The Kier molecular flexibility index (Phi) is 11.8. The van der Waals surface area contributed by atoms with Gasteiger partial charge in [0.1, 0.15) is 12.1 Å². The molecule has 3 atom stereocenters. The van der Waals surface area contributed by atoms with Crippen LogP contribution in [0.4, 0.5) is 0 Å². The summed E-state index contributed by atoms with van der Waals surface area (Å²) in [4.78, 5) is 29.0. The quantitative estimate of drug-likeness (QED) is 0.269. The number of sulfonamides is 1. The molecule has 0 spiro atoms. The molecule has 2 heterocycles. The summed E-state index contributed by atoms with van der Waals surface area (Å²) in [6.07, 6.45) is 4.02. The molecule has 2 aromatic rings. The van der Waals surface area contributed by atoms with Crippen LogP contribution in [-0.4, -0.2) is 69.2 Å². The van der Waals surface area contributed by atoms with Crippen LogP contribution in [0.5, 0.6) is 0 Å². The van der Waals surface area contributed by atoms with E-state index in [4.69, 9.17) is 22.1 Å². The molecule has 2 saturated heterocycles. The summed E-state index contributed by atoms with van der Waals surface area (Å²) in [5.74, 6) is -0.298. The van der Waals surface area contributed by atoms with E-state index in [1.807, 2.05) is 36.4 Å². The van der Waals surface area contributed by atoms with Gasteiger partial charge >= 0.3 is 0 Å². The van der Waals surface area contributed by atoms with Gasteiger partial charge in [-0.25, -0.2) is 13.1 Å². The maximum absolute atomic E-state index is 13.9. The molecule has 0 bridgehead atoms. The number of ether oxygens (including phenoxy) is 1. The zero-order valence-electron chi connectivity index (χ0n) is 24.1. The molecule has 0 saturated carbocycles. The summed E-state index contributed by atoms with van der Waals surface area (Å²) in [7, 11) is -3.67. The number of halogens is 1. The third-order valence-electron chi connectivity index (χ3n) is 7.92. The number of nitrogens with two attached hydrogens (primary N) is 1. The summed E-state index contributed by atoms with van der Waals surface area (Å²) < 4.78 is 33.2. The zero-order chi connectivity index (χ0) is 30.1. The predicted octanol–water partition coefficient (Wildman–Crippen LogP) is 2.30. The summed E-state index contributed by atoms with van der Waals surface area (Å²) in [6, 6.07) is 13.2. The number of hydrogen-bond acceptors (Lipinski definition) is 7. The predicted molar refractivity (Wildman–Crippen MR) is 163 cm³/mol. The lowest BCUT2D eigenvalue weighted by Crippen LogP contribution is -2.53. The molecule has 0 aliphatic carbocycles. The van der Waals surface area contributed by atoms with E-state index < -0.39 is 34.1 Å². The van der Waals surface area contributed by atoms with E-state index in [-0.39, 0.29) is 19.0 Å². The highest BCUT2D eigenvalue weighted by Gasteiger charge is 2.42. The fourth-order valence-corrected chi connectivity index (χ4v) is 6.50. The van der Waals surface area contributed by atoms with Crippen molar-refractivity contribution in [1.29, 1.82) is 0 Å². The first-order valence-electron chi connectivity index (χ1n) is 14.5. The van der Waals surface area contributed by atoms with Crippen LogP contribution in [0.2, 0.25) is 5.02 Å². The smallest absolute Gasteiger partial charge is 0.243 e. The molecular weight excluding hydrogens is 578 g/mol. The maximum atomic E-state index is 13.9. The number of benzene rings is 2. The summed E-state index contributed by atoms with van der Waals surface area (Å²) in [5.41, 5.74) is 8.54. The Labute approximate surface area is 253 Å². The SMILES string of the molecule is CS(=O)(=O)N[C@H](CCC1CCNCC1)C(=O)N1C[C@H](OCc2ccc(Cl)cc2)C[C@H]1C(=O)NCc1cccc(CN)c1. The minimum absolute atomic E-state index is 0.183. The van der Waals surface area contributed by atoms with Crippen LogP contribution < -0.4 is 21.1 Å². The van der Waals surface area contributed by atoms with Crippen LogP contribution in [0, 0.1) is 5.92 Å². The summed E-state index contributed by atoms with van der Waals surface area (Å²) in [5, 5.41) is 6.91. The van der Waals surface area contributed by atoms with Crippen LogP contribution in [0.15, 0.2) is 48.5 Å². The third kappa shape index (κ3) is 9.75. The second-order valence-electron chi connectivity index (χ2n) is 11.3. The minimum Gasteiger partial charge on any atom is -0.372 e. The maximum Gasteiger partial charge on any atom is 0.243 e. The number of nitrogens with zero attached hydrogens (tertiary/aromatic N) is 1. The molecule has 230 valence electrons. The number of hydrogen-bond donors (Lipinski definition) is 4. The molecule has 2 fully saturated rings. The van der Waals surface area contributed by atoms with Crippen LogP contribution in [0.25, 0.3) is 0 Å². The Morgan fingerprint density at radius 1 is 1.12 bits per heavy atom. The number of likely N-dealkylation sites (tertiary alicyclic amines) is 1. The van der Waals surface area contributed by atoms with Crippen LogP contribution in [0.3, 0.4) is 0 Å². The van der Waals surface area contributed by atoms with Gasteiger partial charge in [-0.15, -0.1) is 0 Å². The van der Waals surface area contributed by atoms with E-state index in [0.29, 0.717) is 36.9 Å². The highest BCUT2D eigenvalue weighted by Crippen LogP contribution is 2.26. The topological polar surface area (TPSA) is 143 Å². The van der Waals surface area contributed by atoms with E-state index in [1.165, 1.54) is 4.90 Å². The van der Waals surface area contributed by atoms with Gasteiger partial charge in [0.15, 0.2) is 0 Å². The molecule has 2 amide bonds. The molecule has 2 aromatic carbocycles. The van der Waals surface area contributed by atoms with Gasteiger partial charge in [0.2, 0.25) is 21.8 Å². The number of rotatable bonds is 13. The van der Waals surface area contributed by atoms with Gasteiger partial charge in [0.25, 0.3) is 0 Å². The highest BCUT2D eigenvalue weighted by molar-refractivity contribution is 7.88. The van der Waals surface area contributed by atoms with Crippen molar-refractivity contribution in [2.45, 2.75) is 70.0 Å². The Morgan fingerprint density at radius 2 is 1.83 bits per heavy atom. The van der Waals surface area contributed by atoms with Crippen molar-refractivity contribution in [3.8, 4) is 0 Å². The summed E-state index contributed by atoms with van der Waals surface area (Å²) in [6.45, 7) is 2.98. The van der Waals surface area contributed by atoms with Gasteiger partial charge < -0.3 is 26.0 Å². The molecule has 10 nitrogen and oxygen atoms in total. The minimum atomic E-state index is -3.67. The molecule has 0 radical (unpaired) electrons. The van der Waals surface area contributed by atoms with Crippen LogP contribution in [-0.2, 0) is 44.0 Å². The van der Waals surface area contributed by atoms with E-state index in [2.05, 4.69) is 15.4 Å². The number of carbonyl (C=O) groups excluding carboxylic acids is 2. The van der Waals surface area contributed by atoms with Crippen LogP contribution in [0.1, 0.15) is 48.8 Å². The average molecular weight is 620 g/mol. The number of carbonyl (C=O) groups is 2. The number of amides is 2. The molecule has 5 N–H and O–H groups in total. The van der Waals surface area contributed by atoms with Crippen molar-refractivity contribution in [2.75, 3.05) is 25.9 Å². The summed E-state index contributed by atoms with van der Waals surface area (Å²) >= 11 is 6.00. The molecule has 0 aromatic heterocycles. The van der Waals surface area contributed by atoms with E-state index in [0.717, 1.165) is 55.3 Å². The second kappa shape index (κ2) is 15.3. The highest BCUT2D eigenvalue weighted by atomic mass is 35.5. The molecule has 2 aliphatic heterocycles. The van der Waals surface area contributed by atoms with Crippen molar-refractivity contribution in [1.82, 2.24) is 20.3 Å². The van der Waals surface area contributed by atoms with Gasteiger partial charge in [-0.3, -0.25) is 9.59 Å². The van der Waals surface area contributed by atoms with Crippen molar-refractivity contribution in [3.63, 3.8) is 0 Å². The van der Waals surface area contributed by atoms with E-state index >= 15 is 0 Å². The third-order valence-corrected chi connectivity index (χ3v) is 8.88. The van der Waals surface area contributed by atoms with Gasteiger partial charge in [-0.2, -0.15) is 0 Å². The van der Waals surface area contributed by atoms with Crippen molar-refractivity contribution >= 4 is 33.4 Å². The monoisotopic (exact) mass is 619 g/mol. The van der Waals surface area contributed by atoms with Gasteiger partial charge in [0, 0.05) is 31.1 Å². The van der Waals surface area contributed by atoms with Gasteiger partial charge in [-0.05, 0) is 73.5 Å². The van der Waals surface area contributed by atoms with E-state index in [1.54, 1.807) is 12.1 Å². The fourth-order valence-electron chi connectivity index (χ4n) is 5.64. The Morgan fingerprint density at radius 3 is 2.52 bits per heavy atom. The molecule has 2 aliphatic rings. The Hall–Kier alpha value is -2.54. The van der Waals surface area contributed by atoms with Crippen molar-refractivity contribution < 1.29 is 22.7 Å². The van der Waals surface area contributed by atoms with Crippen molar-refractivity contribution in [3.05, 3.63) is 70.2 Å². The number of nitrogens with one attached hydrogen (secondary N) is 3. The lowest BCUT2D eigenvalue weighted by Gasteiger charge is -2.30. The van der Waals surface area contributed by atoms with Crippen LogP contribution >= 0.6 is 11.6 Å². The fraction of sp³-hybridized carbons (Fsp3) is 0.533. The average Bonchev–Trinajstić information content (AvgIpc) is 3.42. The van der Waals surface area contributed by atoms with Gasteiger partial charge in [0.05, 0.1) is 19.0 Å². The lowest BCUT2D eigenvalue weighted by molar-refractivity contribution is -0.140. The Bertz CT molecular complexity index is 1300. The second-order valence-corrected chi connectivity index (χ2v) is 13.5. The first kappa shape index (κ1) is 32.4. The standard InChI is InChI=1S/C30H42ClN5O5S/c1-42(39,40)35-27(10-7-21-11-13-33-14-12-21)30(38)36-19-26(41-20-22-5-8-25(31)9-6-22)16-28(36)29(37)34-18-24-4-2-3-23(15-24)17-32/h2-6,8-9,15,21,26-28,33,35H,7,10-14,16-20,32H2,1H3,(H,34,37)/t26-,27-,28+/m1/s1. The number of piperidine rings is 1. The van der Waals surface area contributed by atoms with Crippen molar-refractivity contribution in [2.24, 2.45) is 11.7 Å².